The molecule has 1 amide bonds. The van der Waals surface area contributed by atoms with Gasteiger partial charge in [-0.25, -0.2) is 13.1 Å². The zero-order chi connectivity index (χ0) is 23.5. The van der Waals surface area contributed by atoms with Gasteiger partial charge in [0.2, 0.25) is 10.0 Å². The van der Waals surface area contributed by atoms with Crippen LogP contribution in [0.4, 0.5) is 11.4 Å². The second-order valence-corrected chi connectivity index (χ2v) is 11.1. The van der Waals surface area contributed by atoms with Crippen LogP contribution < -0.4 is 14.9 Å². The number of amides is 1. The molecule has 0 atom stereocenters. The molecule has 2 N–H and O–H groups in total. The smallest absolute Gasteiger partial charge is 0.255 e. The lowest BCUT2D eigenvalue weighted by molar-refractivity contribution is 0.102. The van der Waals surface area contributed by atoms with E-state index in [9.17, 15) is 13.2 Å². The maximum Gasteiger partial charge on any atom is 0.255 e. The summed E-state index contributed by atoms with van der Waals surface area (Å²) in [5.74, 6) is -0.348. The van der Waals surface area contributed by atoms with E-state index < -0.39 is 15.6 Å². The highest BCUT2D eigenvalue weighted by Gasteiger charge is 2.25. The van der Waals surface area contributed by atoms with Crippen LogP contribution in [0, 0.1) is 0 Å². The van der Waals surface area contributed by atoms with Crippen molar-refractivity contribution in [2.75, 3.05) is 36.4 Å². The van der Waals surface area contributed by atoms with E-state index >= 15 is 0 Å². The van der Waals surface area contributed by atoms with Gasteiger partial charge in [0.15, 0.2) is 0 Å². The maximum absolute atomic E-state index is 12.8. The molecule has 0 radical (unpaired) electrons. The van der Waals surface area contributed by atoms with E-state index in [-0.39, 0.29) is 16.5 Å². The van der Waals surface area contributed by atoms with Crippen molar-refractivity contribution in [3.05, 3.63) is 54.1 Å². The minimum absolute atomic E-state index is 0.0444. The maximum atomic E-state index is 12.8. The van der Waals surface area contributed by atoms with Crippen LogP contribution in [0.2, 0.25) is 0 Å². The van der Waals surface area contributed by atoms with E-state index in [1.165, 1.54) is 6.07 Å². The van der Waals surface area contributed by atoms with Crippen molar-refractivity contribution in [3.8, 4) is 0 Å². The Morgan fingerprint density at radius 1 is 0.938 bits per heavy atom. The van der Waals surface area contributed by atoms with Gasteiger partial charge in [-0.15, -0.1) is 0 Å². The third-order valence-corrected chi connectivity index (χ3v) is 7.22. The van der Waals surface area contributed by atoms with Crippen LogP contribution in [0.15, 0.2) is 53.4 Å². The van der Waals surface area contributed by atoms with Crippen molar-refractivity contribution in [2.45, 2.75) is 51.1 Å². The number of hydrogen-bond acceptors (Lipinski definition) is 5. The van der Waals surface area contributed by atoms with E-state index in [0.717, 1.165) is 31.9 Å². The first-order chi connectivity index (χ1) is 15.0. The molecule has 0 aliphatic carbocycles. The molecule has 1 fully saturated rings. The number of para-hydroxylation sites is 1. The molecule has 1 aliphatic heterocycles. The Hall–Kier alpha value is -2.42. The van der Waals surface area contributed by atoms with Gasteiger partial charge < -0.3 is 10.2 Å². The van der Waals surface area contributed by atoms with Crippen molar-refractivity contribution in [2.24, 2.45) is 0 Å². The van der Waals surface area contributed by atoms with Gasteiger partial charge in [0.05, 0.1) is 5.69 Å². The van der Waals surface area contributed by atoms with E-state index in [2.05, 4.69) is 33.7 Å². The molecule has 1 heterocycles. The number of nitrogens with one attached hydrogen (secondary N) is 2. The molecule has 0 saturated carbocycles. The fourth-order valence-corrected chi connectivity index (χ4v) is 5.36. The van der Waals surface area contributed by atoms with E-state index in [1.54, 1.807) is 51.1 Å². The summed E-state index contributed by atoms with van der Waals surface area (Å²) in [7, 11) is -3.78. The Bertz CT molecular complexity index is 1040. The number of hydrogen-bond donors (Lipinski definition) is 2. The Labute approximate surface area is 191 Å². The number of sulfonamides is 1. The average Bonchev–Trinajstić information content (AvgIpc) is 2.72. The van der Waals surface area contributed by atoms with Crippen LogP contribution in [0.3, 0.4) is 0 Å². The summed E-state index contributed by atoms with van der Waals surface area (Å²) in [6.45, 7) is 13.7. The molecule has 32 heavy (non-hydrogen) atoms. The minimum atomic E-state index is -3.78. The van der Waals surface area contributed by atoms with Gasteiger partial charge in [-0.05, 0) is 71.0 Å². The summed E-state index contributed by atoms with van der Waals surface area (Å²) in [4.78, 5) is 17.7. The molecule has 2 aromatic rings. The monoisotopic (exact) mass is 458 g/mol. The normalized spacial score (nSPS) is 15.8. The van der Waals surface area contributed by atoms with Gasteiger partial charge in [0.25, 0.3) is 5.91 Å². The van der Waals surface area contributed by atoms with Crippen LogP contribution in [-0.2, 0) is 10.0 Å². The molecule has 0 aromatic heterocycles. The number of rotatable bonds is 6. The molecule has 0 spiro atoms. The van der Waals surface area contributed by atoms with Gasteiger partial charge in [-0.2, -0.15) is 0 Å². The molecular weight excluding hydrogens is 424 g/mol. The van der Waals surface area contributed by atoms with Gasteiger partial charge >= 0.3 is 0 Å². The van der Waals surface area contributed by atoms with Gasteiger partial charge in [-0.1, -0.05) is 12.1 Å². The van der Waals surface area contributed by atoms with Crippen LogP contribution in [0.25, 0.3) is 0 Å². The number of carbonyl (C=O) groups is 1. The minimum Gasteiger partial charge on any atom is -0.369 e. The molecule has 1 saturated heterocycles. The molecule has 8 heteroatoms. The predicted molar refractivity (Wildman–Crippen MR) is 130 cm³/mol. The van der Waals surface area contributed by atoms with E-state index in [0.29, 0.717) is 11.6 Å². The highest BCUT2D eigenvalue weighted by atomic mass is 32.2. The second-order valence-electron chi connectivity index (χ2n) is 9.47. The number of nitrogens with zero attached hydrogens (tertiary/aromatic N) is 2. The summed E-state index contributed by atoms with van der Waals surface area (Å²) in [5.41, 5.74) is 1.18. The first-order valence-electron chi connectivity index (χ1n) is 11.0. The lowest BCUT2D eigenvalue weighted by Gasteiger charge is -2.38. The molecule has 3 rings (SSSR count). The Balaban J connectivity index is 1.71. The fraction of sp³-hybridized carbons (Fsp3) is 0.458. The first kappa shape index (κ1) is 24.2. The van der Waals surface area contributed by atoms with Crippen LogP contribution in [0.1, 0.15) is 45.0 Å². The van der Waals surface area contributed by atoms with Crippen LogP contribution >= 0.6 is 0 Å². The van der Waals surface area contributed by atoms with Crippen molar-refractivity contribution >= 4 is 27.3 Å². The van der Waals surface area contributed by atoms with Crippen LogP contribution in [0.5, 0.6) is 0 Å². The standard InChI is InChI=1S/C24H34N4O3S/c1-18(2)27-14-16-28(17-15-27)20-12-10-19(11-13-20)23(29)25-21-8-6-7-9-22(21)32(30,31)26-24(3,4)5/h6-13,18,26H,14-17H2,1-5H3,(H,25,29). The highest BCUT2D eigenvalue weighted by Crippen LogP contribution is 2.24. The van der Waals surface area contributed by atoms with Gasteiger partial charge in [-0.3, -0.25) is 9.69 Å². The Morgan fingerprint density at radius 2 is 1.53 bits per heavy atom. The molecule has 2 aromatic carbocycles. The van der Waals surface area contributed by atoms with Crippen molar-refractivity contribution in [3.63, 3.8) is 0 Å². The third-order valence-electron chi connectivity index (χ3n) is 5.40. The molecular formula is C24H34N4O3S. The summed E-state index contributed by atoms with van der Waals surface area (Å²) in [6, 6.07) is 14.4. The third kappa shape index (κ3) is 6.09. The number of benzene rings is 2. The summed E-state index contributed by atoms with van der Waals surface area (Å²) in [5, 5.41) is 2.76. The predicted octanol–water partition coefficient (Wildman–Crippen LogP) is 3.55. The second kappa shape index (κ2) is 9.60. The van der Waals surface area contributed by atoms with Gasteiger partial charge in [0.1, 0.15) is 4.90 Å². The number of carbonyl (C=O) groups excluding carboxylic acids is 1. The summed E-state index contributed by atoms with van der Waals surface area (Å²) >= 11 is 0. The zero-order valence-electron chi connectivity index (χ0n) is 19.6. The van der Waals surface area contributed by atoms with Crippen LogP contribution in [-0.4, -0.2) is 57.0 Å². The Kier molecular flexibility index (Phi) is 7.27. The van der Waals surface area contributed by atoms with Crippen molar-refractivity contribution in [1.82, 2.24) is 9.62 Å². The molecule has 174 valence electrons. The van der Waals surface area contributed by atoms with Crippen molar-refractivity contribution < 1.29 is 13.2 Å². The lowest BCUT2D eigenvalue weighted by atomic mass is 10.1. The zero-order valence-corrected chi connectivity index (χ0v) is 20.4. The van der Waals surface area contributed by atoms with E-state index in [1.807, 2.05) is 12.1 Å². The lowest BCUT2D eigenvalue weighted by Crippen LogP contribution is -2.48. The molecule has 0 bridgehead atoms. The quantitative estimate of drug-likeness (QED) is 0.692. The molecule has 7 nitrogen and oxygen atoms in total. The molecule has 0 unspecified atom stereocenters. The topological polar surface area (TPSA) is 81.8 Å². The largest absolute Gasteiger partial charge is 0.369 e. The highest BCUT2D eigenvalue weighted by molar-refractivity contribution is 7.89. The first-order valence-corrected chi connectivity index (χ1v) is 12.5. The summed E-state index contributed by atoms with van der Waals surface area (Å²) in [6.07, 6.45) is 0. The summed E-state index contributed by atoms with van der Waals surface area (Å²) < 4.78 is 28.2. The Morgan fingerprint density at radius 3 is 2.09 bits per heavy atom. The number of anilines is 2. The average molecular weight is 459 g/mol. The van der Waals surface area contributed by atoms with Gasteiger partial charge in [0, 0.05) is 49.0 Å². The van der Waals surface area contributed by atoms with Crippen molar-refractivity contribution in [1.29, 1.82) is 0 Å². The van der Waals surface area contributed by atoms with E-state index in [4.69, 9.17) is 0 Å². The number of piperazine rings is 1. The fourth-order valence-electron chi connectivity index (χ4n) is 3.78. The molecule has 1 aliphatic rings. The SMILES string of the molecule is CC(C)N1CCN(c2ccc(C(=O)Nc3ccccc3S(=O)(=O)NC(C)(C)C)cc2)CC1.